The van der Waals surface area contributed by atoms with Gasteiger partial charge in [0.2, 0.25) is 0 Å². The van der Waals surface area contributed by atoms with Gasteiger partial charge in [-0.15, -0.1) is 12.4 Å². The van der Waals surface area contributed by atoms with Crippen molar-refractivity contribution in [3.05, 3.63) is 35.4 Å². The zero-order valence-electron chi connectivity index (χ0n) is 14.3. The van der Waals surface area contributed by atoms with E-state index in [2.05, 4.69) is 24.1 Å². The lowest BCUT2D eigenvalue weighted by Gasteiger charge is -2.56. The molecule has 0 saturated carbocycles. The number of aliphatic hydroxyl groups is 1. The Morgan fingerprint density at radius 2 is 2.20 bits per heavy atom. The van der Waals surface area contributed by atoms with Gasteiger partial charge in [-0.05, 0) is 38.1 Å². The summed E-state index contributed by atoms with van der Waals surface area (Å²) < 4.78 is 11.7. The first-order valence-corrected chi connectivity index (χ1v) is 8.60. The molecule has 6 heteroatoms. The van der Waals surface area contributed by atoms with Gasteiger partial charge in [0, 0.05) is 29.9 Å². The molecule has 2 aliphatic carbocycles. The molecule has 5 rings (SSSR count). The van der Waals surface area contributed by atoms with Gasteiger partial charge in [-0.25, -0.2) is 0 Å². The average molecular weight is 364 g/mol. The summed E-state index contributed by atoms with van der Waals surface area (Å²) in [6, 6.07) is 4.32. The minimum atomic E-state index is -0.631. The third kappa shape index (κ3) is 2.00. The SMILES string of the molecule is CC(=O)Oc1ccc2c3c1O[C@H]1[C@@H](O)C=C[C@H]4[C@@H](C2)N(C)CC[C@@]341.Cl. The highest BCUT2D eigenvalue weighted by Gasteiger charge is 2.64. The Morgan fingerprint density at radius 3 is 2.96 bits per heavy atom. The second kappa shape index (κ2) is 5.47. The fraction of sp³-hybridized carbons (Fsp3) is 0.526. The van der Waals surface area contributed by atoms with Crippen LogP contribution in [0.5, 0.6) is 11.5 Å². The van der Waals surface area contributed by atoms with E-state index in [1.807, 2.05) is 12.1 Å². The minimum Gasteiger partial charge on any atom is -0.482 e. The number of hydrogen-bond acceptors (Lipinski definition) is 5. The predicted molar refractivity (Wildman–Crippen MR) is 94.5 cm³/mol. The van der Waals surface area contributed by atoms with Crippen LogP contribution < -0.4 is 9.47 Å². The lowest BCUT2D eigenvalue weighted by molar-refractivity contribution is -0.132. The Balaban J connectivity index is 0.00000157. The monoisotopic (exact) mass is 363 g/mol. The van der Waals surface area contributed by atoms with Crippen molar-refractivity contribution in [3.8, 4) is 11.5 Å². The predicted octanol–water partition coefficient (Wildman–Crippen LogP) is 1.84. The molecule has 5 atom stereocenters. The second-order valence-electron chi connectivity index (χ2n) is 7.50. The van der Waals surface area contributed by atoms with Crippen LogP contribution in [0.3, 0.4) is 0 Å². The van der Waals surface area contributed by atoms with E-state index in [9.17, 15) is 9.90 Å². The van der Waals surface area contributed by atoms with E-state index in [-0.39, 0.29) is 29.9 Å². The molecule has 2 aliphatic heterocycles. The molecule has 0 aromatic heterocycles. The molecule has 0 amide bonds. The maximum absolute atomic E-state index is 11.5. The number of likely N-dealkylation sites (tertiary alicyclic amines) is 1. The van der Waals surface area contributed by atoms with Gasteiger partial charge in [0.1, 0.15) is 12.2 Å². The molecule has 1 aromatic carbocycles. The van der Waals surface area contributed by atoms with Crippen LogP contribution in [0.1, 0.15) is 24.5 Å². The number of halogens is 1. The minimum absolute atomic E-state index is 0. The highest BCUT2D eigenvalue weighted by atomic mass is 35.5. The van der Waals surface area contributed by atoms with Crippen LogP contribution in [0.25, 0.3) is 0 Å². The van der Waals surface area contributed by atoms with E-state index in [1.165, 1.54) is 18.1 Å². The molecule has 0 radical (unpaired) electrons. The van der Waals surface area contributed by atoms with Crippen LogP contribution in [0, 0.1) is 5.92 Å². The summed E-state index contributed by atoms with van der Waals surface area (Å²) in [5.74, 6) is 1.12. The standard InChI is InChI=1S/C19H21NO4.ClH/c1-10(21)23-15-6-3-11-9-13-12-4-5-14(22)18-19(12,7-8-20(13)2)16(11)17(15)24-18;/h3-6,12-14,18,22H,7-9H2,1-2H3;1H/t12-,13+,14-,18-,19-;/m0./s1. The third-order valence-electron chi connectivity index (χ3n) is 6.39. The molecule has 2 bridgehead atoms. The molecule has 1 saturated heterocycles. The number of benzene rings is 1. The molecule has 1 fully saturated rings. The zero-order chi connectivity index (χ0) is 16.6. The largest absolute Gasteiger partial charge is 0.482 e. The van der Waals surface area contributed by atoms with Crippen molar-refractivity contribution in [1.29, 1.82) is 0 Å². The van der Waals surface area contributed by atoms with Crippen molar-refractivity contribution in [3.63, 3.8) is 0 Å². The molecule has 2 heterocycles. The van der Waals surface area contributed by atoms with Crippen molar-refractivity contribution in [2.75, 3.05) is 13.6 Å². The number of carbonyl (C=O) groups is 1. The van der Waals surface area contributed by atoms with Crippen molar-refractivity contribution in [1.82, 2.24) is 4.90 Å². The van der Waals surface area contributed by atoms with Crippen LogP contribution in [0.4, 0.5) is 0 Å². The fourth-order valence-corrected chi connectivity index (χ4v) is 5.46. The van der Waals surface area contributed by atoms with Crippen LogP contribution in [-0.2, 0) is 16.6 Å². The molecule has 0 unspecified atom stereocenters. The molecule has 5 nitrogen and oxygen atoms in total. The van der Waals surface area contributed by atoms with Crippen molar-refractivity contribution >= 4 is 18.4 Å². The van der Waals surface area contributed by atoms with E-state index in [0.29, 0.717) is 23.5 Å². The second-order valence-corrected chi connectivity index (χ2v) is 7.50. The Morgan fingerprint density at radius 1 is 1.40 bits per heavy atom. The first-order chi connectivity index (χ1) is 11.5. The van der Waals surface area contributed by atoms with Crippen LogP contribution in [0.2, 0.25) is 0 Å². The Bertz CT molecular complexity index is 779. The Labute approximate surface area is 153 Å². The van der Waals surface area contributed by atoms with Gasteiger partial charge in [0.05, 0.1) is 0 Å². The van der Waals surface area contributed by atoms with Gasteiger partial charge in [0.25, 0.3) is 0 Å². The normalized spacial score (nSPS) is 36.9. The van der Waals surface area contributed by atoms with Crippen molar-refractivity contribution in [2.45, 2.75) is 43.4 Å². The molecular weight excluding hydrogens is 342 g/mol. The molecule has 25 heavy (non-hydrogen) atoms. The smallest absolute Gasteiger partial charge is 0.308 e. The van der Waals surface area contributed by atoms with Gasteiger partial charge in [0.15, 0.2) is 11.5 Å². The molecule has 4 aliphatic rings. The number of aliphatic hydroxyl groups excluding tert-OH is 1. The highest BCUT2D eigenvalue weighted by Crippen LogP contribution is 2.62. The maximum atomic E-state index is 11.5. The Kier molecular flexibility index (Phi) is 3.69. The molecule has 134 valence electrons. The molecule has 1 N–H and O–H groups in total. The lowest BCUT2D eigenvalue weighted by Crippen LogP contribution is -2.64. The fourth-order valence-electron chi connectivity index (χ4n) is 5.46. The topological polar surface area (TPSA) is 59.0 Å². The van der Waals surface area contributed by atoms with E-state index >= 15 is 0 Å². The van der Waals surface area contributed by atoms with Crippen LogP contribution in [-0.4, -0.2) is 47.8 Å². The maximum Gasteiger partial charge on any atom is 0.308 e. The summed E-state index contributed by atoms with van der Waals surface area (Å²) in [6.45, 7) is 2.38. The summed E-state index contributed by atoms with van der Waals surface area (Å²) in [7, 11) is 2.18. The van der Waals surface area contributed by atoms with E-state index in [4.69, 9.17) is 9.47 Å². The van der Waals surface area contributed by atoms with Gasteiger partial charge < -0.3 is 19.5 Å². The van der Waals surface area contributed by atoms with E-state index < -0.39 is 6.10 Å². The lowest BCUT2D eigenvalue weighted by atomic mass is 9.53. The summed E-state index contributed by atoms with van der Waals surface area (Å²) in [5.41, 5.74) is 2.23. The molecule has 1 spiro atoms. The first kappa shape index (κ1) is 16.9. The van der Waals surface area contributed by atoms with Crippen molar-refractivity contribution < 1.29 is 19.4 Å². The number of ether oxygens (including phenoxy) is 2. The van der Waals surface area contributed by atoms with E-state index in [0.717, 1.165) is 19.4 Å². The quantitative estimate of drug-likeness (QED) is 0.468. The third-order valence-corrected chi connectivity index (χ3v) is 6.39. The number of likely N-dealkylation sites (N-methyl/N-ethyl adjacent to an activating group) is 1. The number of carbonyl (C=O) groups excluding carboxylic acids is 1. The van der Waals surface area contributed by atoms with Gasteiger partial charge in [-0.3, -0.25) is 4.79 Å². The van der Waals surface area contributed by atoms with Gasteiger partial charge in [-0.2, -0.15) is 0 Å². The highest BCUT2D eigenvalue weighted by molar-refractivity contribution is 5.85. The summed E-state index contributed by atoms with van der Waals surface area (Å²) >= 11 is 0. The number of esters is 1. The Hall–Kier alpha value is -1.56. The van der Waals surface area contributed by atoms with Crippen LogP contribution in [0.15, 0.2) is 24.3 Å². The van der Waals surface area contributed by atoms with Gasteiger partial charge >= 0.3 is 5.97 Å². The molecule has 1 aromatic rings. The van der Waals surface area contributed by atoms with Gasteiger partial charge in [-0.1, -0.05) is 18.2 Å². The summed E-state index contributed by atoms with van der Waals surface area (Å²) in [4.78, 5) is 13.9. The van der Waals surface area contributed by atoms with Crippen molar-refractivity contribution in [2.24, 2.45) is 5.92 Å². The average Bonchev–Trinajstić information content (AvgIpc) is 2.89. The van der Waals surface area contributed by atoms with E-state index in [1.54, 1.807) is 0 Å². The molecular formula is C19H22ClNO4. The number of nitrogens with zero attached hydrogens (tertiary/aromatic N) is 1. The van der Waals surface area contributed by atoms with Crippen LogP contribution >= 0.6 is 12.4 Å². The first-order valence-electron chi connectivity index (χ1n) is 8.60. The number of piperidine rings is 1. The number of rotatable bonds is 1. The zero-order valence-corrected chi connectivity index (χ0v) is 15.1. The number of hydrogen-bond donors (Lipinski definition) is 1. The summed E-state index contributed by atoms with van der Waals surface area (Å²) in [6.07, 6.45) is 5.04. The summed E-state index contributed by atoms with van der Waals surface area (Å²) in [5, 5.41) is 10.6.